The van der Waals surface area contributed by atoms with Gasteiger partial charge in [-0.25, -0.2) is 4.98 Å². The first-order valence-corrected chi connectivity index (χ1v) is 9.17. The highest BCUT2D eigenvalue weighted by Gasteiger charge is 2.09. The molecule has 4 nitrogen and oxygen atoms in total. The number of nitrogens with two attached hydrogens (primary N) is 1. The lowest BCUT2D eigenvalue weighted by molar-refractivity contribution is 0.959. The number of rotatable bonds is 7. The largest absolute Gasteiger partial charge is 0.368 e. The van der Waals surface area contributed by atoms with Crippen LogP contribution in [0.1, 0.15) is 39.2 Å². The highest BCUT2D eigenvalue weighted by molar-refractivity contribution is 6.31. The fraction of sp³-hybridized carbons (Fsp3) is 0.333. The van der Waals surface area contributed by atoms with Crippen LogP contribution in [0.15, 0.2) is 47.6 Å². The summed E-state index contributed by atoms with van der Waals surface area (Å²) < 4.78 is 0. The molecule has 0 radical (unpaired) electrons. The number of nitrogen functional groups attached to an aromatic ring is 1. The summed E-state index contributed by atoms with van der Waals surface area (Å²) in [5.41, 5.74) is 11.3. The zero-order valence-corrected chi connectivity index (χ0v) is 16.7. The molecule has 0 bridgehead atoms. The number of benzene rings is 1. The molecule has 0 spiro atoms. The van der Waals surface area contributed by atoms with Crippen molar-refractivity contribution in [3.63, 3.8) is 0 Å². The van der Waals surface area contributed by atoms with Crippen LogP contribution in [0.25, 0.3) is 11.3 Å². The lowest BCUT2D eigenvalue weighted by Gasteiger charge is -2.10. The van der Waals surface area contributed by atoms with Crippen molar-refractivity contribution in [1.29, 1.82) is 0 Å². The van der Waals surface area contributed by atoms with Crippen LogP contribution < -0.4 is 11.1 Å². The molecule has 3 N–H and O–H groups in total. The molecular weight excluding hydrogens is 344 g/mol. The van der Waals surface area contributed by atoms with E-state index in [9.17, 15) is 0 Å². The summed E-state index contributed by atoms with van der Waals surface area (Å²) in [7, 11) is 0. The molecule has 1 aromatic heterocycles. The van der Waals surface area contributed by atoms with Crippen LogP contribution in [0.5, 0.6) is 0 Å². The minimum Gasteiger partial charge on any atom is -0.368 e. The summed E-state index contributed by atoms with van der Waals surface area (Å²) in [6.45, 7) is 9.07. The Balaban J connectivity index is 2.08. The number of halogens is 1. The Bertz CT molecular complexity index is 821. The summed E-state index contributed by atoms with van der Waals surface area (Å²) in [5, 5.41) is 4.02. The topological polar surface area (TPSA) is 63.8 Å². The maximum atomic E-state index is 6.22. The average molecular weight is 371 g/mol. The molecule has 0 saturated heterocycles. The van der Waals surface area contributed by atoms with Gasteiger partial charge in [-0.1, -0.05) is 47.0 Å². The van der Waals surface area contributed by atoms with Gasteiger partial charge in [0.1, 0.15) is 5.82 Å². The molecule has 5 heteroatoms. The smallest absolute Gasteiger partial charge is 0.222 e. The van der Waals surface area contributed by atoms with Crippen LogP contribution in [-0.4, -0.2) is 16.5 Å². The first-order valence-electron chi connectivity index (χ1n) is 8.79. The molecule has 0 saturated carbocycles. The Morgan fingerprint density at radius 2 is 1.96 bits per heavy atom. The zero-order chi connectivity index (χ0) is 19.1. The van der Waals surface area contributed by atoms with E-state index in [1.165, 1.54) is 11.1 Å². The molecular formula is C21H27ClN4. The Morgan fingerprint density at radius 3 is 2.69 bits per heavy atom. The van der Waals surface area contributed by atoms with Crippen LogP contribution in [0.3, 0.4) is 0 Å². The van der Waals surface area contributed by atoms with E-state index in [1.54, 1.807) is 0 Å². The maximum absolute atomic E-state index is 6.22. The normalized spacial score (nSPS) is 11.3. The Morgan fingerprint density at radius 1 is 1.19 bits per heavy atom. The van der Waals surface area contributed by atoms with Gasteiger partial charge >= 0.3 is 0 Å². The van der Waals surface area contributed by atoms with Crippen molar-refractivity contribution in [2.45, 2.75) is 40.5 Å². The second kappa shape index (κ2) is 9.39. The molecule has 0 unspecified atom stereocenters. The maximum Gasteiger partial charge on any atom is 0.222 e. The highest BCUT2D eigenvalue weighted by Crippen LogP contribution is 2.28. The average Bonchev–Trinajstić information content (AvgIpc) is 2.56. The predicted molar refractivity (Wildman–Crippen MR) is 113 cm³/mol. The minimum absolute atomic E-state index is 0.244. The third-order valence-electron chi connectivity index (χ3n) is 4.11. The van der Waals surface area contributed by atoms with Crippen LogP contribution in [0.2, 0.25) is 5.02 Å². The quantitative estimate of drug-likeness (QED) is 0.605. The van der Waals surface area contributed by atoms with Crippen molar-refractivity contribution in [1.82, 2.24) is 9.97 Å². The van der Waals surface area contributed by atoms with Gasteiger partial charge in [0.25, 0.3) is 0 Å². The lowest BCUT2D eigenvalue weighted by atomic mass is 10.1. The monoisotopic (exact) mass is 370 g/mol. The molecule has 138 valence electrons. The van der Waals surface area contributed by atoms with Crippen molar-refractivity contribution in [2.24, 2.45) is 0 Å². The molecule has 2 rings (SSSR count). The van der Waals surface area contributed by atoms with Crippen LogP contribution in [0, 0.1) is 6.92 Å². The SMILES string of the molecule is CC(C)=CCC/C(C)=C/CNc1cc(-c2cccc(Cl)c2C)nc(N)n1. The van der Waals surface area contributed by atoms with Crippen LogP contribution >= 0.6 is 11.6 Å². The molecule has 26 heavy (non-hydrogen) atoms. The van der Waals surface area contributed by atoms with Gasteiger partial charge in [0, 0.05) is 23.2 Å². The molecule has 0 amide bonds. The van der Waals surface area contributed by atoms with Crippen molar-refractivity contribution >= 4 is 23.4 Å². The molecule has 0 aliphatic rings. The molecule has 0 atom stereocenters. The standard InChI is InChI=1S/C21H27ClN4/c1-14(2)7-5-8-15(3)11-12-24-20-13-19(25-21(23)26-20)17-9-6-10-18(22)16(17)4/h6-7,9-11,13H,5,8,12H2,1-4H3,(H3,23,24,25,26)/b15-11+. The third-order valence-corrected chi connectivity index (χ3v) is 4.52. The second-order valence-electron chi connectivity index (χ2n) is 6.66. The van der Waals surface area contributed by atoms with Crippen molar-refractivity contribution in [3.8, 4) is 11.3 Å². The number of nitrogens with zero attached hydrogens (tertiary/aromatic N) is 2. The van der Waals surface area contributed by atoms with Gasteiger partial charge < -0.3 is 11.1 Å². The zero-order valence-electron chi connectivity index (χ0n) is 15.9. The van der Waals surface area contributed by atoms with E-state index >= 15 is 0 Å². The molecule has 0 aliphatic heterocycles. The Labute approximate surface area is 161 Å². The first-order chi connectivity index (χ1) is 12.4. The first kappa shape index (κ1) is 20.0. The number of anilines is 2. The number of allylic oxidation sites excluding steroid dienone is 3. The predicted octanol–water partition coefficient (Wildman–Crippen LogP) is 5.79. The Kier molecular flexibility index (Phi) is 7.22. The van der Waals surface area contributed by atoms with E-state index in [1.807, 2.05) is 31.2 Å². The summed E-state index contributed by atoms with van der Waals surface area (Å²) in [6.07, 6.45) is 6.58. The van der Waals surface area contributed by atoms with Crippen LogP contribution in [0.4, 0.5) is 11.8 Å². The van der Waals surface area contributed by atoms with Gasteiger partial charge in [-0.2, -0.15) is 4.98 Å². The third kappa shape index (κ3) is 5.88. The van der Waals surface area contributed by atoms with Gasteiger partial charge in [0.05, 0.1) is 5.69 Å². The van der Waals surface area contributed by atoms with Gasteiger partial charge in [0.15, 0.2) is 0 Å². The van der Waals surface area contributed by atoms with Gasteiger partial charge in [-0.05, 0) is 52.2 Å². The summed E-state index contributed by atoms with van der Waals surface area (Å²) >= 11 is 6.22. The number of hydrogen-bond acceptors (Lipinski definition) is 4. The Hall–Kier alpha value is -2.33. The van der Waals surface area contributed by atoms with E-state index in [2.05, 4.69) is 48.2 Å². The fourth-order valence-corrected chi connectivity index (χ4v) is 2.77. The number of aromatic nitrogens is 2. The molecule has 1 aromatic carbocycles. The van der Waals surface area contributed by atoms with Crippen molar-refractivity contribution in [3.05, 3.63) is 58.1 Å². The second-order valence-corrected chi connectivity index (χ2v) is 7.07. The number of nitrogens with one attached hydrogen (secondary N) is 1. The fourth-order valence-electron chi connectivity index (χ4n) is 2.60. The van der Waals surface area contributed by atoms with E-state index in [0.29, 0.717) is 17.4 Å². The minimum atomic E-state index is 0.244. The van der Waals surface area contributed by atoms with E-state index < -0.39 is 0 Å². The lowest BCUT2D eigenvalue weighted by Crippen LogP contribution is -2.05. The van der Waals surface area contributed by atoms with Gasteiger partial charge in [-0.15, -0.1) is 0 Å². The van der Waals surface area contributed by atoms with Gasteiger partial charge in [0.2, 0.25) is 5.95 Å². The van der Waals surface area contributed by atoms with E-state index in [-0.39, 0.29) is 5.95 Å². The molecule has 0 fully saturated rings. The summed E-state index contributed by atoms with van der Waals surface area (Å²) in [4.78, 5) is 8.63. The molecule has 1 heterocycles. The van der Waals surface area contributed by atoms with E-state index in [4.69, 9.17) is 17.3 Å². The van der Waals surface area contributed by atoms with E-state index in [0.717, 1.165) is 29.7 Å². The van der Waals surface area contributed by atoms with Gasteiger partial charge in [-0.3, -0.25) is 0 Å². The summed E-state index contributed by atoms with van der Waals surface area (Å²) in [5.74, 6) is 0.953. The number of hydrogen-bond donors (Lipinski definition) is 2. The molecule has 2 aromatic rings. The summed E-state index contributed by atoms with van der Waals surface area (Å²) in [6, 6.07) is 7.67. The van der Waals surface area contributed by atoms with Crippen molar-refractivity contribution < 1.29 is 0 Å². The van der Waals surface area contributed by atoms with Crippen molar-refractivity contribution in [2.75, 3.05) is 17.6 Å². The highest BCUT2D eigenvalue weighted by atomic mass is 35.5. The van der Waals surface area contributed by atoms with Crippen LogP contribution in [-0.2, 0) is 0 Å². The molecule has 0 aliphatic carbocycles.